The molecule has 128 valence electrons. The number of rotatable bonds is 5. The van der Waals surface area contributed by atoms with E-state index < -0.39 is 0 Å². The molecule has 0 saturated heterocycles. The molecule has 0 fully saturated rings. The maximum absolute atomic E-state index is 12.5. The van der Waals surface area contributed by atoms with Crippen LogP contribution in [0.4, 0.5) is 11.6 Å². The lowest BCUT2D eigenvalue weighted by Crippen LogP contribution is -2.26. The minimum atomic E-state index is -0.380. The summed E-state index contributed by atoms with van der Waals surface area (Å²) in [6.45, 7) is 6.08. The van der Waals surface area contributed by atoms with Crippen molar-refractivity contribution >= 4 is 17.5 Å². The van der Waals surface area contributed by atoms with Gasteiger partial charge in [-0.2, -0.15) is 0 Å². The van der Waals surface area contributed by atoms with Crippen LogP contribution < -0.4 is 20.1 Å². The summed E-state index contributed by atoms with van der Waals surface area (Å²) in [6, 6.07) is 8.58. The van der Waals surface area contributed by atoms with Crippen molar-refractivity contribution in [1.82, 2.24) is 10.2 Å². The highest BCUT2D eigenvalue weighted by molar-refractivity contribution is 6.07. The molecule has 7 heteroatoms. The van der Waals surface area contributed by atoms with Gasteiger partial charge >= 0.3 is 0 Å². The van der Waals surface area contributed by atoms with Crippen molar-refractivity contribution in [1.29, 1.82) is 0 Å². The average Bonchev–Trinajstić information content (AvgIpc) is 2.54. The third-order valence-corrected chi connectivity index (χ3v) is 3.06. The second-order valence-electron chi connectivity index (χ2n) is 6.17. The molecule has 0 aliphatic rings. The van der Waals surface area contributed by atoms with E-state index >= 15 is 0 Å². The summed E-state index contributed by atoms with van der Waals surface area (Å²) in [5.41, 5.74) is 0.186. The number of ether oxygens (including phenoxy) is 2. The van der Waals surface area contributed by atoms with E-state index in [9.17, 15) is 4.79 Å². The summed E-state index contributed by atoms with van der Waals surface area (Å²) in [7, 11) is 3.00. The van der Waals surface area contributed by atoms with Gasteiger partial charge in [0.15, 0.2) is 5.82 Å². The van der Waals surface area contributed by atoms with Gasteiger partial charge in [-0.15, -0.1) is 10.2 Å². The number of anilines is 2. The van der Waals surface area contributed by atoms with Crippen molar-refractivity contribution in [3.63, 3.8) is 0 Å². The first-order chi connectivity index (χ1) is 11.3. The van der Waals surface area contributed by atoms with Gasteiger partial charge in [-0.1, -0.05) is 6.07 Å². The van der Waals surface area contributed by atoms with Crippen molar-refractivity contribution in [3.05, 3.63) is 35.9 Å². The minimum absolute atomic E-state index is 0.121. The molecule has 0 bridgehead atoms. The van der Waals surface area contributed by atoms with Crippen LogP contribution in [0.2, 0.25) is 0 Å². The zero-order valence-electron chi connectivity index (χ0n) is 14.5. The number of benzene rings is 1. The molecular formula is C17H22N4O3. The molecule has 2 aromatic rings. The number of hydrogen-bond acceptors (Lipinski definition) is 6. The van der Waals surface area contributed by atoms with Gasteiger partial charge in [0, 0.05) is 5.54 Å². The molecule has 2 N–H and O–H groups in total. The van der Waals surface area contributed by atoms with E-state index in [1.807, 2.05) is 20.8 Å². The Morgan fingerprint density at radius 2 is 1.50 bits per heavy atom. The highest BCUT2D eigenvalue weighted by atomic mass is 16.5. The fourth-order valence-corrected chi connectivity index (χ4v) is 2.10. The standard InChI is InChI=1S/C17H22N4O3/c1-17(2,3)19-14-10-9-13(20-21-14)18-16(22)15-11(23-4)7-6-8-12(15)24-5/h6-10H,1-5H3,(H,19,21)(H,18,20,22). The van der Waals surface area contributed by atoms with Gasteiger partial charge in [0.2, 0.25) is 0 Å². The molecule has 24 heavy (non-hydrogen) atoms. The second kappa shape index (κ2) is 7.16. The third-order valence-electron chi connectivity index (χ3n) is 3.06. The van der Waals surface area contributed by atoms with Crippen molar-refractivity contribution < 1.29 is 14.3 Å². The van der Waals surface area contributed by atoms with Gasteiger partial charge in [-0.25, -0.2) is 0 Å². The maximum Gasteiger partial charge on any atom is 0.264 e. The van der Waals surface area contributed by atoms with E-state index in [-0.39, 0.29) is 11.4 Å². The Labute approximate surface area is 141 Å². The Kier molecular flexibility index (Phi) is 5.23. The lowest BCUT2D eigenvalue weighted by molar-refractivity contribution is 0.102. The molecule has 0 spiro atoms. The zero-order valence-corrected chi connectivity index (χ0v) is 14.5. The predicted molar refractivity (Wildman–Crippen MR) is 92.9 cm³/mol. The normalized spacial score (nSPS) is 10.9. The lowest BCUT2D eigenvalue weighted by atomic mass is 10.1. The highest BCUT2D eigenvalue weighted by Gasteiger charge is 2.19. The smallest absolute Gasteiger partial charge is 0.264 e. The number of aromatic nitrogens is 2. The minimum Gasteiger partial charge on any atom is -0.496 e. The predicted octanol–water partition coefficient (Wildman–Crippen LogP) is 2.96. The maximum atomic E-state index is 12.5. The molecule has 7 nitrogen and oxygen atoms in total. The van der Waals surface area contributed by atoms with Crippen molar-refractivity contribution in [2.75, 3.05) is 24.9 Å². The molecule has 1 aromatic heterocycles. The van der Waals surface area contributed by atoms with Crippen LogP contribution in [0.1, 0.15) is 31.1 Å². The van der Waals surface area contributed by atoms with E-state index in [1.54, 1.807) is 30.3 Å². The second-order valence-corrected chi connectivity index (χ2v) is 6.17. The number of amides is 1. The molecule has 0 aliphatic heterocycles. The zero-order chi connectivity index (χ0) is 17.7. The third kappa shape index (κ3) is 4.34. The molecule has 0 unspecified atom stereocenters. The summed E-state index contributed by atoms with van der Waals surface area (Å²) in [5.74, 6) is 1.44. The van der Waals surface area contributed by atoms with Crippen LogP contribution in [0, 0.1) is 0 Å². The van der Waals surface area contributed by atoms with Gasteiger partial charge in [0.05, 0.1) is 14.2 Å². The number of nitrogens with zero attached hydrogens (tertiary/aromatic N) is 2. The topological polar surface area (TPSA) is 85.4 Å². The molecule has 1 amide bonds. The van der Waals surface area contributed by atoms with Gasteiger partial charge in [-0.3, -0.25) is 4.79 Å². The van der Waals surface area contributed by atoms with Crippen LogP contribution in [0.25, 0.3) is 0 Å². The van der Waals surface area contributed by atoms with E-state index in [0.717, 1.165) is 0 Å². The van der Waals surface area contributed by atoms with Crippen molar-refractivity contribution in [2.24, 2.45) is 0 Å². The highest BCUT2D eigenvalue weighted by Crippen LogP contribution is 2.28. The van der Waals surface area contributed by atoms with Gasteiger partial charge in [-0.05, 0) is 45.0 Å². The molecule has 0 aliphatic carbocycles. The summed E-state index contributed by atoms with van der Waals surface area (Å²) in [4.78, 5) is 12.5. The fraction of sp³-hybridized carbons (Fsp3) is 0.353. The van der Waals surface area contributed by atoms with E-state index in [1.165, 1.54) is 14.2 Å². The summed E-state index contributed by atoms with van der Waals surface area (Å²) < 4.78 is 10.5. The molecule has 1 heterocycles. The molecule has 2 rings (SSSR count). The van der Waals surface area contributed by atoms with Crippen LogP contribution in [-0.2, 0) is 0 Å². The Bertz CT molecular complexity index is 687. The Balaban J connectivity index is 2.18. The van der Waals surface area contributed by atoms with Gasteiger partial charge in [0.25, 0.3) is 5.91 Å². The monoisotopic (exact) mass is 330 g/mol. The quantitative estimate of drug-likeness (QED) is 0.877. The fourth-order valence-electron chi connectivity index (χ4n) is 2.10. The molecule has 1 aromatic carbocycles. The van der Waals surface area contributed by atoms with Crippen molar-refractivity contribution in [3.8, 4) is 11.5 Å². The van der Waals surface area contributed by atoms with Gasteiger partial charge < -0.3 is 20.1 Å². The Morgan fingerprint density at radius 1 is 0.958 bits per heavy atom. The Morgan fingerprint density at radius 3 is 1.96 bits per heavy atom. The average molecular weight is 330 g/mol. The summed E-state index contributed by atoms with van der Waals surface area (Å²) in [5, 5.41) is 14.0. The lowest BCUT2D eigenvalue weighted by Gasteiger charge is -2.20. The van der Waals surface area contributed by atoms with Crippen molar-refractivity contribution in [2.45, 2.75) is 26.3 Å². The van der Waals surface area contributed by atoms with E-state index in [4.69, 9.17) is 9.47 Å². The van der Waals surface area contributed by atoms with Crippen LogP contribution in [0.3, 0.4) is 0 Å². The van der Waals surface area contributed by atoms with Crippen LogP contribution >= 0.6 is 0 Å². The Hall–Kier alpha value is -2.83. The molecule has 0 atom stereocenters. The largest absolute Gasteiger partial charge is 0.496 e. The molecule has 0 radical (unpaired) electrons. The van der Waals surface area contributed by atoms with Crippen LogP contribution in [-0.4, -0.2) is 35.9 Å². The number of hydrogen-bond donors (Lipinski definition) is 2. The molecule has 0 saturated carbocycles. The summed E-state index contributed by atoms with van der Waals surface area (Å²) >= 11 is 0. The first-order valence-electron chi connectivity index (χ1n) is 7.48. The first kappa shape index (κ1) is 17.5. The van der Waals surface area contributed by atoms with E-state index in [0.29, 0.717) is 28.7 Å². The number of nitrogens with one attached hydrogen (secondary N) is 2. The first-order valence-corrected chi connectivity index (χ1v) is 7.48. The number of methoxy groups -OCH3 is 2. The SMILES string of the molecule is COc1cccc(OC)c1C(=O)Nc1ccc(NC(C)(C)C)nn1. The number of carbonyl (C=O) groups is 1. The summed E-state index contributed by atoms with van der Waals surface area (Å²) in [6.07, 6.45) is 0. The van der Waals surface area contributed by atoms with Crippen LogP contribution in [0.15, 0.2) is 30.3 Å². The molecular weight excluding hydrogens is 308 g/mol. The van der Waals surface area contributed by atoms with E-state index in [2.05, 4.69) is 20.8 Å². The van der Waals surface area contributed by atoms with Crippen LogP contribution in [0.5, 0.6) is 11.5 Å². The van der Waals surface area contributed by atoms with Gasteiger partial charge in [0.1, 0.15) is 22.9 Å². The number of carbonyl (C=O) groups excluding carboxylic acids is 1.